The molecule has 0 amide bonds. The summed E-state index contributed by atoms with van der Waals surface area (Å²) in [5, 5.41) is 9.01. The monoisotopic (exact) mass is 239 g/mol. The van der Waals surface area contributed by atoms with E-state index in [1.165, 1.54) is 6.33 Å². The highest BCUT2D eigenvalue weighted by atomic mass is 19.1. The van der Waals surface area contributed by atoms with Crippen LogP contribution in [-0.2, 0) is 6.42 Å². The number of anilines is 1. The summed E-state index contributed by atoms with van der Waals surface area (Å²) in [7, 11) is 0. The molecule has 4 nitrogen and oxygen atoms in total. The zero-order chi connectivity index (χ0) is 12.3. The number of aliphatic hydroxyl groups excluding tert-OH is 1. The van der Waals surface area contributed by atoms with Gasteiger partial charge in [-0.05, 0) is 25.7 Å². The first-order chi connectivity index (χ1) is 8.27. The van der Waals surface area contributed by atoms with E-state index in [2.05, 4.69) is 9.97 Å². The van der Waals surface area contributed by atoms with Gasteiger partial charge in [-0.15, -0.1) is 0 Å². The van der Waals surface area contributed by atoms with Crippen molar-refractivity contribution in [1.29, 1.82) is 0 Å². The van der Waals surface area contributed by atoms with Crippen molar-refractivity contribution in [3.05, 3.63) is 17.8 Å². The first-order valence-corrected chi connectivity index (χ1v) is 6.14. The average molecular weight is 239 g/mol. The molecule has 1 aliphatic rings. The van der Waals surface area contributed by atoms with Crippen LogP contribution in [0.1, 0.15) is 31.9 Å². The van der Waals surface area contributed by atoms with Gasteiger partial charge in [-0.2, -0.15) is 0 Å². The van der Waals surface area contributed by atoms with Crippen LogP contribution in [0.15, 0.2) is 6.33 Å². The molecule has 1 saturated heterocycles. The number of aliphatic hydroxyl groups is 1. The fraction of sp³-hybridized carbons (Fsp3) is 0.667. The van der Waals surface area contributed by atoms with Gasteiger partial charge in [0.05, 0.1) is 5.69 Å². The molecule has 2 rings (SSSR count). The Morgan fingerprint density at radius 1 is 1.53 bits per heavy atom. The van der Waals surface area contributed by atoms with Crippen molar-refractivity contribution in [3.63, 3.8) is 0 Å². The Morgan fingerprint density at radius 2 is 2.35 bits per heavy atom. The largest absolute Gasteiger partial charge is 0.396 e. The molecule has 0 aliphatic carbocycles. The summed E-state index contributed by atoms with van der Waals surface area (Å²) in [6.45, 7) is 2.82. The highest BCUT2D eigenvalue weighted by Gasteiger charge is 2.28. The predicted octanol–water partition coefficient (Wildman–Crippen LogP) is 1.53. The van der Waals surface area contributed by atoms with Crippen molar-refractivity contribution < 1.29 is 9.50 Å². The number of rotatable bonds is 4. The van der Waals surface area contributed by atoms with Crippen LogP contribution in [0.4, 0.5) is 10.2 Å². The van der Waals surface area contributed by atoms with E-state index in [9.17, 15) is 4.39 Å². The fourth-order valence-electron chi connectivity index (χ4n) is 2.41. The molecule has 1 aliphatic heterocycles. The molecule has 2 heterocycles. The second kappa shape index (κ2) is 5.40. The number of halogens is 1. The Labute approximate surface area is 101 Å². The second-order valence-electron chi connectivity index (χ2n) is 4.31. The Balaban J connectivity index is 2.26. The molecule has 1 unspecified atom stereocenters. The topological polar surface area (TPSA) is 49.2 Å². The van der Waals surface area contributed by atoms with E-state index in [1.807, 2.05) is 11.8 Å². The summed E-state index contributed by atoms with van der Waals surface area (Å²) in [5.41, 5.74) is 0.463. The molecule has 0 spiro atoms. The highest BCUT2D eigenvalue weighted by Crippen LogP contribution is 2.28. The molecule has 1 aromatic rings. The van der Waals surface area contributed by atoms with Gasteiger partial charge in [-0.1, -0.05) is 6.92 Å². The molecule has 0 radical (unpaired) electrons. The van der Waals surface area contributed by atoms with Gasteiger partial charge in [0.1, 0.15) is 6.33 Å². The minimum Gasteiger partial charge on any atom is -0.396 e. The van der Waals surface area contributed by atoms with E-state index in [4.69, 9.17) is 5.11 Å². The molecule has 94 valence electrons. The van der Waals surface area contributed by atoms with Crippen molar-refractivity contribution in [2.45, 2.75) is 38.6 Å². The summed E-state index contributed by atoms with van der Waals surface area (Å²) in [6.07, 6.45) is 4.68. The Kier molecular flexibility index (Phi) is 3.89. The zero-order valence-electron chi connectivity index (χ0n) is 10.1. The van der Waals surface area contributed by atoms with Crippen LogP contribution in [0.25, 0.3) is 0 Å². The number of nitrogens with zero attached hydrogens (tertiary/aromatic N) is 3. The quantitative estimate of drug-likeness (QED) is 0.865. The van der Waals surface area contributed by atoms with Crippen LogP contribution >= 0.6 is 0 Å². The van der Waals surface area contributed by atoms with Gasteiger partial charge < -0.3 is 10.0 Å². The lowest BCUT2D eigenvalue weighted by atomic mass is 10.1. The summed E-state index contributed by atoms with van der Waals surface area (Å²) in [4.78, 5) is 9.96. The van der Waals surface area contributed by atoms with Gasteiger partial charge in [0.2, 0.25) is 0 Å². The van der Waals surface area contributed by atoms with Gasteiger partial charge in [0.15, 0.2) is 11.6 Å². The average Bonchev–Trinajstić information content (AvgIpc) is 2.78. The van der Waals surface area contributed by atoms with E-state index in [0.29, 0.717) is 24.4 Å². The Bertz CT molecular complexity index is 386. The molecule has 0 aromatic carbocycles. The maximum Gasteiger partial charge on any atom is 0.187 e. The van der Waals surface area contributed by atoms with Gasteiger partial charge in [-0.3, -0.25) is 0 Å². The molecule has 0 saturated carbocycles. The van der Waals surface area contributed by atoms with E-state index in [0.717, 1.165) is 19.4 Å². The third kappa shape index (κ3) is 2.39. The molecule has 5 heteroatoms. The maximum absolute atomic E-state index is 14.1. The minimum absolute atomic E-state index is 0.133. The van der Waals surface area contributed by atoms with Gasteiger partial charge >= 0.3 is 0 Å². The standard InChI is InChI=1S/C12H18FN3O/c1-2-10-11(13)12(15-8-14-10)16-6-3-4-9(16)5-7-17/h8-9,17H,2-7H2,1H3. The van der Waals surface area contributed by atoms with Crippen molar-refractivity contribution in [3.8, 4) is 0 Å². The molecule has 1 aromatic heterocycles. The van der Waals surface area contributed by atoms with Crippen LogP contribution in [0.5, 0.6) is 0 Å². The van der Waals surface area contributed by atoms with E-state index >= 15 is 0 Å². The molecule has 1 fully saturated rings. The number of hydrogen-bond acceptors (Lipinski definition) is 4. The van der Waals surface area contributed by atoms with Crippen LogP contribution < -0.4 is 4.90 Å². The maximum atomic E-state index is 14.1. The number of hydrogen-bond donors (Lipinski definition) is 1. The molecular formula is C12H18FN3O. The first-order valence-electron chi connectivity index (χ1n) is 6.14. The third-order valence-corrected chi connectivity index (χ3v) is 3.29. The molecule has 1 atom stereocenters. The fourth-order valence-corrected chi connectivity index (χ4v) is 2.41. The predicted molar refractivity (Wildman–Crippen MR) is 63.4 cm³/mol. The normalized spacial score (nSPS) is 19.9. The Morgan fingerprint density at radius 3 is 3.06 bits per heavy atom. The molecule has 0 bridgehead atoms. The Hall–Kier alpha value is -1.23. The van der Waals surface area contributed by atoms with Crippen molar-refractivity contribution in [2.24, 2.45) is 0 Å². The van der Waals surface area contributed by atoms with E-state index < -0.39 is 0 Å². The van der Waals surface area contributed by atoms with Gasteiger partial charge in [-0.25, -0.2) is 14.4 Å². The number of aryl methyl sites for hydroxylation is 1. The number of aromatic nitrogens is 2. The highest BCUT2D eigenvalue weighted by molar-refractivity contribution is 5.43. The van der Waals surface area contributed by atoms with Crippen molar-refractivity contribution in [1.82, 2.24) is 9.97 Å². The second-order valence-corrected chi connectivity index (χ2v) is 4.31. The van der Waals surface area contributed by atoms with Crippen molar-refractivity contribution in [2.75, 3.05) is 18.1 Å². The summed E-state index contributed by atoms with van der Waals surface area (Å²) >= 11 is 0. The van der Waals surface area contributed by atoms with Crippen LogP contribution in [0.2, 0.25) is 0 Å². The smallest absolute Gasteiger partial charge is 0.187 e. The van der Waals surface area contributed by atoms with Crippen LogP contribution in [0, 0.1) is 5.82 Å². The zero-order valence-corrected chi connectivity index (χ0v) is 10.1. The lowest BCUT2D eigenvalue weighted by molar-refractivity contribution is 0.275. The van der Waals surface area contributed by atoms with Crippen LogP contribution in [-0.4, -0.2) is 34.3 Å². The van der Waals surface area contributed by atoms with E-state index in [-0.39, 0.29) is 18.5 Å². The SMILES string of the molecule is CCc1ncnc(N2CCCC2CCO)c1F. The molecule has 1 N–H and O–H groups in total. The van der Waals surface area contributed by atoms with Gasteiger partial charge in [0, 0.05) is 19.2 Å². The third-order valence-electron chi connectivity index (χ3n) is 3.29. The molecular weight excluding hydrogens is 221 g/mol. The van der Waals surface area contributed by atoms with Gasteiger partial charge in [0.25, 0.3) is 0 Å². The van der Waals surface area contributed by atoms with Crippen molar-refractivity contribution >= 4 is 5.82 Å². The molecule has 17 heavy (non-hydrogen) atoms. The minimum atomic E-state index is -0.306. The summed E-state index contributed by atoms with van der Waals surface area (Å²) in [5.74, 6) is 0.0904. The lowest BCUT2D eigenvalue weighted by Crippen LogP contribution is -2.32. The summed E-state index contributed by atoms with van der Waals surface area (Å²) in [6, 6.07) is 0.203. The first kappa shape index (κ1) is 12.2. The lowest BCUT2D eigenvalue weighted by Gasteiger charge is -2.25. The van der Waals surface area contributed by atoms with Crippen LogP contribution in [0.3, 0.4) is 0 Å². The summed E-state index contributed by atoms with van der Waals surface area (Å²) < 4.78 is 14.1. The van der Waals surface area contributed by atoms with E-state index in [1.54, 1.807) is 0 Å².